The Morgan fingerprint density at radius 1 is 1.12 bits per heavy atom. The van der Waals surface area contributed by atoms with Crippen LogP contribution in [-0.4, -0.2) is 15.4 Å². The van der Waals surface area contributed by atoms with Gasteiger partial charge in [-0.15, -0.1) is 0 Å². The van der Waals surface area contributed by atoms with E-state index in [2.05, 4.69) is 9.84 Å². The topological polar surface area (TPSA) is 107 Å². The van der Waals surface area contributed by atoms with Crippen LogP contribution in [0.4, 0.5) is 23.2 Å². The van der Waals surface area contributed by atoms with Crippen molar-refractivity contribution < 1.29 is 41.1 Å². The molecule has 1 unspecified atom stereocenters. The minimum atomic E-state index is -4.71. The summed E-state index contributed by atoms with van der Waals surface area (Å²) in [4.78, 5) is 33.6. The average molecular weight is 500 g/mol. The van der Waals surface area contributed by atoms with Gasteiger partial charge in [-0.05, 0) is 55.0 Å². The molecule has 34 heavy (non-hydrogen) atoms. The number of benzene rings is 2. The Labute approximate surface area is 190 Å². The second kappa shape index (κ2) is 10.2. The van der Waals surface area contributed by atoms with Crippen molar-refractivity contribution in [1.82, 2.24) is 4.57 Å². The summed E-state index contributed by atoms with van der Waals surface area (Å²) in [5, 5.41) is 2.38. The van der Waals surface area contributed by atoms with E-state index in [-0.39, 0.29) is 17.0 Å². The van der Waals surface area contributed by atoms with E-state index in [1.807, 2.05) is 0 Å². The first-order chi connectivity index (χ1) is 15.9. The van der Waals surface area contributed by atoms with Gasteiger partial charge in [-0.1, -0.05) is 0 Å². The number of hydrogen-bond acceptors (Lipinski definition) is 5. The van der Waals surface area contributed by atoms with Crippen molar-refractivity contribution in [2.24, 2.45) is 0 Å². The number of nitrogens with zero attached hydrogens (tertiary/aromatic N) is 1. The van der Waals surface area contributed by atoms with E-state index in [9.17, 15) is 31.7 Å². The first kappa shape index (κ1) is 25.2. The predicted molar refractivity (Wildman–Crippen MR) is 114 cm³/mol. The van der Waals surface area contributed by atoms with Gasteiger partial charge in [-0.25, -0.2) is 4.39 Å². The van der Waals surface area contributed by atoms with Crippen molar-refractivity contribution in [2.45, 2.75) is 19.8 Å². The summed E-state index contributed by atoms with van der Waals surface area (Å²) >= 11 is 0. The molecule has 0 bridgehead atoms. The van der Waals surface area contributed by atoms with Crippen molar-refractivity contribution in [3.8, 4) is 11.5 Å². The fraction of sp³-hybridized carbons (Fsp3) is 0.143. The van der Waals surface area contributed by atoms with Crippen molar-refractivity contribution in [2.75, 3.05) is 5.32 Å². The van der Waals surface area contributed by atoms with Crippen LogP contribution in [0.1, 0.15) is 21.5 Å². The average Bonchev–Trinajstić information content (AvgIpc) is 2.74. The van der Waals surface area contributed by atoms with E-state index in [1.165, 1.54) is 25.3 Å². The third kappa shape index (κ3) is 6.31. The Hall–Kier alpha value is -3.47. The smallest absolute Gasteiger partial charge is 0.416 e. The number of aromatic nitrogens is 1. The number of carbonyl (C=O) groups is 1. The van der Waals surface area contributed by atoms with Crippen LogP contribution in [-0.2, 0) is 22.0 Å². The number of amides is 1. The number of rotatable bonds is 7. The highest BCUT2D eigenvalue weighted by atomic mass is 31.1. The van der Waals surface area contributed by atoms with Gasteiger partial charge in [0.15, 0.2) is 0 Å². The fourth-order valence-electron chi connectivity index (χ4n) is 2.83. The third-order valence-corrected chi connectivity index (χ3v) is 4.87. The summed E-state index contributed by atoms with van der Waals surface area (Å²) in [5.41, 5.74) is -1.72. The second-order valence-electron chi connectivity index (χ2n) is 6.94. The number of pyridine rings is 1. The largest absolute Gasteiger partial charge is 0.456 e. The zero-order chi connectivity index (χ0) is 25.0. The van der Waals surface area contributed by atoms with Crippen LogP contribution >= 0.6 is 8.25 Å². The molecule has 0 radical (unpaired) electrons. The van der Waals surface area contributed by atoms with Crippen molar-refractivity contribution in [3.05, 3.63) is 87.6 Å². The van der Waals surface area contributed by atoms with E-state index in [4.69, 9.17) is 9.63 Å². The van der Waals surface area contributed by atoms with Crippen LogP contribution in [0.2, 0.25) is 0 Å². The Morgan fingerprint density at radius 2 is 1.85 bits per heavy atom. The summed E-state index contributed by atoms with van der Waals surface area (Å²) in [6.07, 6.45) is -3.52. The predicted octanol–water partition coefficient (Wildman–Crippen LogP) is 4.72. The lowest BCUT2D eigenvalue weighted by Crippen LogP contribution is -2.21. The Kier molecular flexibility index (Phi) is 7.55. The summed E-state index contributed by atoms with van der Waals surface area (Å²) in [5.74, 6) is -1.84. The van der Waals surface area contributed by atoms with Crippen molar-refractivity contribution >= 4 is 19.8 Å². The molecule has 2 N–H and O–H groups in total. The zero-order valence-electron chi connectivity index (χ0n) is 17.4. The van der Waals surface area contributed by atoms with Gasteiger partial charge >= 0.3 is 14.4 Å². The standard InChI is InChI=1S/C21H17F4N2O6P/c1-12-8-14(22)3-5-17(12)33-18-9-13(21(23,24)25)2-4-16(18)20(29)26-15-6-7-27(19(28)10-15)11-32-34(30)31/h2-10,34H,11H2,1H3,(H,26,29)(H,30,31). The van der Waals surface area contributed by atoms with Crippen molar-refractivity contribution in [1.29, 1.82) is 0 Å². The molecule has 0 aliphatic rings. The summed E-state index contributed by atoms with van der Waals surface area (Å²) in [7, 11) is -3.26. The van der Waals surface area contributed by atoms with E-state index < -0.39 is 49.8 Å². The summed E-state index contributed by atoms with van der Waals surface area (Å²) in [6, 6.07) is 7.93. The molecule has 1 aromatic heterocycles. The summed E-state index contributed by atoms with van der Waals surface area (Å²) < 4.78 is 74.6. The minimum absolute atomic E-state index is 0.00621. The maximum atomic E-state index is 13.4. The minimum Gasteiger partial charge on any atom is -0.456 e. The molecule has 0 spiro atoms. The molecule has 180 valence electrons. The van der Waals surface area contributed by atoms with Gasteiger partial charge in [0.2, 0.25) is 0 Å². The lowest BCUT2D eigenvalue weighted by molar-refractivity contribution is -0.137. The number of anilines is 1. The molecule has 1 atom stereocenters. The molecule has 1 heterocycles. The Balaban J connectivity index is 1.91. The molecule has 8 nitrogen and oxygen atoms in total. The second-order valence-corrected chi connectivity index (χ2v) is 7.76. The molecular formula is C21H17F4N2O6P. The van der Waals surface area contributed by atoms with Crippen LogP contribution in [0.15, 0.2) is 59.5 Å². The lowest BCUT2D eigenvalue weighted by Gasteiger charge is -2.16. The molecule has 13 heteroatoms. The van der Waals surface area contributed by atoms with Gasteiger partial charge in [0.1, 0.15) is 24.0 Å². The van der Waals surface area contributed by atoms with E-state index in [0.717, 1.165) is 28.8 Å². The van der Waals surface area contributed by atoms with E-state index in [1.54, 1.807) is 0 Å². The van der Waals surface area contributed by atoms with Gasteiger partial charge in [0.05, 0.1) is 11.1 Å². The molecule has 0 saturated heterocycles. The van der Waals surface area contributed by atoms with E-state index >= 15 is 0 Å². The lowest BCUT2D eigenvalue weighted by atomic mass is 10.1. The Bertz CT molecular complexity index is 1310. The monoisotopic (exact) mass is 500 g/mol. The van der Waals surface area contributed by atoms with Gasteiger partial charge in [-0.2, -0.15) is 13.2 Å². The molecule has 2 aromatic carbocycles. The number of carbonyl (C=O) groups excluding carboxylic acids is 1. The van der Waals surface area contributed by atoms with Crippen LogP contribution in [0.25, 0.3) is 0 Å². The molecule has 0 aliphatic heterocycles. The number of nitrogens with one attached hydrogen (secondary N) is 1. The quantitative estimate of drug-likeness (QED) is 0.359. The third-order valence-electron chi connectivity index (χ3n) is 4.49. The van der Waals surface area contributed by atoms with Gasteiger partial charge in [0.25, 0.3) is 11.5 Å². The van der Waals surface area contributed by atoms with Crippen LogP contribution in [0.3, 0.4) is 0 Å². The highest BCUT2D eigenvalue weighted by Gasteiger charge is 2.32. The maximum absolute atomic E-state index is 13.4. The molecule has 3 aromatic rings. The first-order valence-electron chi connectivity index (χ1n) is 9.47. The number of halogens is 4. The molecule has 1 amide bonds. The molecule has 0 aliphatic carbocycles. The normalized spacial score (nSPS) is 12.3. The SMILES string of the molecule is Cc1cc(F)ccc1Oc1cc(C(F)(F)F)ccc1C(=O)Nc1ccn(CO[PH](=O)O)c(=O)c1. The molecule has 3 rings (SSSR count). The molecule has 0 fully saturated rings. The highest BCUT2D eigenvalue weighted by molar-refractivity contribution is 7.32. The zero-order valence-corrected chi connectivity index (χ0v) is 18.4. The van der Waals surface area contributed by atoms with Gasteiger partial charge in [0, 0.05) is 18.0 Å². The van der Waals surface area contributed by atoms with Crippen molar-refractivity contribution in [3.63, 3.8) is 0 Å². The molecule has 0 saturated carbocycles. The number of aryl methyl sites for hydroxylation is 1. The fourth-order valence-corrected chi connectivity index (χ4v) is 3.08. The summed E-state index contributed by atoms with van der Waals surface area (Å²) in [6.45, 7) is 0.993. The van der Waals surface area contributed by atoms with Gasteiger partial charge < -0.3 is 14.9 Å². The maximum Gasteiger partial charge on any atom is 0.416 e. The van der Waals surface area contributed by atoms with Crippen LogP contribution in [0.5, 0.6) is 11.5 Å². The number of hydrogen-bond donors (Lipinski definition) is 2. The highest BCUT2D eigenvalue weighted by Crippen LogP contribution is 2.36. The first-order valence-corrected chi connectivity index (χ1v) is 10.7. The Morgan fingerprint density at radius 3 is 2.47 bits per heavy atom. The van der Waals surface area contributed by atoms with E-state index in [0.29, 0.717) is 17.7 Å². The molecular weight excluding hydrogens is 483 g/mol. The number of alkyl halides is 3. The van der Waals surface area contributed by atoms with Crippen LogP contribution in [0, 0.1) is 12.7 Å². The number of ether oxygens (including phenoxy) is 1. The van der Waals surface area contributed by atoms with Gasteiger partial charge in [-0.3, -0.25) is 23.2 Å². The van der Waals surface area contributed by atoms with Crippen LogP contribution < -0.4 is 15.6 Å².